The molecule has 1 fully saturated rings. The van der Waals surface area contributed by atoms with E-state index in [1.54, 1.807) is 37.5 Å². The Morgan fingerprint density at radius 1 is 1.26 bits per heavy atom. The summed E-state index contributed by atoms with van der Waals surface area (Å²) in [5.41, 5.74) is 0.759. The molecule has 1 aliphatic heterocycles. The van der Waals surface area contributed by atoms with Crippen LogP contribution < -0.4 is 4.74 Å². The number of nitrogens with zero attached hydrogens (tertiary/aromatic N) is 1. The Morgan fingerprint density at radius 3 is 2.37 bits per heavy atom. The lowest BCUT2D eigenvalue weighted by atomic mass is 10.2. The molecular formula is C13H11NO4S. The summed E-state index contributed by atoms with van der Waals surface area (Å²) < 4.78 is 5.03. The van der Waals surface area contributed by atoms with Crippen molar-refractivity contribution in [3.05, 3.63) is 34.7 Å². The lowest BCUT2D eigenvalue weighted by molar-refractivity contribution is -0.135. The zero-order chi connectivity index (χ0) is 14.0. The van der Waals surface area contributed by atoms with Gasteiger partial charge in [-0.15, -0.1) is 0 Å². The monoisotopic (exact) mass is 277 g/mol. The first-order chi connectivity index (χ1) is 9.02. The fourth-order valence-electron chi connectivity index (χ4n) is 1.59. The number of ether oxygens (including phenoxy) is 1. The molecule has 1 aliphatic rings. The van der Waals surface area contributed by atoms with Crippen LogP contribution in [-0.2, 0) is 9.59 Å². The predicted octanol–water partition coefficient (Wildman–Crippen LogP) is 2.28. The largest absolute Gasteiger partial charge is 0.497 e. The summed E-state index contributed by atoms with van der Waals surface area (Å²) in [6.07, 6.45) is 1.58. The second kappa shape index (κ2) is 5.27. The summed E-state index contributed by atoms with van der Waals surface area (Å²) in [6, 6.07) is 7.03. The Bertz CT molecular complexity index is 577. The Morgan fingerprint density at radius 2 is 1.89 bits per heavy atom. The molecule has 0 N–H and O–H groups in total. The Hall–Kier alpha value is -2.08. The SMILES string of the molecule is COc1ccc(C=C2SC(=O)N(C(C)=O)C2=O)cc1. The maximum absolute atomic E-state index is 11.9. The van der Waals surface area contributed by atoms with E-state index in [1.807, 2.05) is 0 Å². The number of benzene rings is 1. The molecule has 0 saturated carbocycles. The van der Waals surface area contributed by atoms with Gasteiger partial charge in [-0.1, -0.05) is 12.1 Å². The fourth-order valence-corrected chi connectivity index (χ4v) is 2.46. The van der Waals surface area contributed by atoms with Gasteiger partial charge in [0.05, 0.1) is 12.0 Å². The highest BCUT2D eigenvalue weighted by atomic mass is 32.2. The van der Waals surface area contributed by atoms with Crippen molar-refractivity contribution in [2.75, 3.05) is 7.11 Å². The number of amides is 3. The highest BCUT2D eigenvalue weighted by Crippen LogP contribution is 2.32. The van der Waals surface area contributed by atoms with Gasteiger partial charge in [-0.05, 0) is 35.5 Å². The van der Waals surface area contributed by atoms with Crippen molar-refractivity contribution in [1.82, 2.24) is 4.90 Å². The molecule has 0 bridgehead atoms. The first kappa shape index (κ1) is 13.4. The molecule has 1 aromatic carbocycles. The third-order valence-corrected chi connectivity index (χ3v) is 3.39. The van der Waals surface area contributed by atoms with E-state index in [1.165, 1.54) is 6.92 Å². The van der Waals surface area contributed by atoms with Crippen LogP contribution in [0.15, 0.2) is 29.2 Å². The van der Waals surface area contributed by atoms with Gasteiger partial charge < -0.3 is 4.74 Å². The highest BCUT2D eigenvalue weighted by Gasteiger charge is 2.37. The van der Waals surface area contributed by atoms with E-state index in [0.29, 0.717) is 10.6 Å². The minimum absolute atomic E-state index is 0.241. The predicted molar refractivity (Wildman–Crippen MR) is 71.5 cm³/mol. The number of rotatable bonds is 2. The molecule has 98 valence electrons. The van der Waals surface area contributed by atoms with Gasteiger partial charge in [0.15, 0.2) is 0 Å². The van der Waals surface area contributed by atoms with Crippen molar-refractivity contribution in [3.63, 3.8) is 0 Å². The minimum Gasteiger partial charge on any atom is -0.497 e. The van der Waals surface area contributed by atoms with E-state index in [9.17, 15) is 14.4 Å². The van der Waals surface area contributed by atoms with Crippen LogP contribution >= 0.6 is 11.8 Å². The molecule has 0 spiro atoms. The molecule has 1 aromatic rings. The third-order valence-electron chi connectivity index (χ3n) is 2.52. The normalized spacial score (nSPS) is 17.2. The summed E-state index contributed by atoms with van der Waals surface area (Å²) in [4.78, 5) is 35.4. The molecule has 1 saturated heterocycles. The van der Waals surface area contributed by atoms with Crippen molar-refractivity contribution in [1.29, 1.82) is 0 Å². The van der Waals surface area contributed by atoms with Crippen LogP contribution in [0, 0.1) is 0 Å². The van der Waals surface area contributed by atoms with Crippen LogP contribution in [-0.4, -0.2) is 29.1 Å². The molecule has 0 aliphatic carbocycles. The van der Waals surface area contributed by atoms with Crippen molar-refractivity contribution >= 4 is 34.9 Å². The van der Waals surface area contributed by atoms with E-state index >= 15 is 0 Å². The van der Waals surface area contributed by atoms with E-state index in [-0.39, 0.29) is 4.91 Å². The highest BCUT2D eigenvalue weighted by molar-refractivity contribution is 8.18. The Balaban J connectivity index is 2.27. The van der Waals surface area contributed by atoms with Crippen molar-refractivity contribution in [2.45, 2.75) is 6.92 Å². The first-order valence-corrected chi connectivity index (χ1v) is 6.27. The second-order valence-corrected chi connectivity index (χ2v) is 4.80. The first-order valence-electron chi connectivity index (χ1n) is 5.45. The van der Waals surface area contributed by atoms with Crippen LogP contribution in [0.1, 0.15) is 12.5 Å². The number of hydrogen-bond acceptors (Lipinski definition) is 5. The third kappa shape index (κ3) is 2.68. The lowest BCUT2D eigenvalue weighted by Gasteiger charge is -2.05. The smallest absolute Gasteiger partial charge is 0.300 e. The quantitative estimate of drug-likeness (QED) is 0.776. The number of thioether (sulfide) groups is 1. The van der Waals surface area contributed by atoms with Gasteiger partial charge in [0, 0.05) is 6.92 Å². The van der Waals surface area contributed by atoms with E-state index in [0.717, 1.165) is 17.3 Å². The van der Waals surface area contributed by atoms with Gasteiger partial charge >= 0.3 is 0 Å². The van der Waals surface area contributed by atoms with Crippen LogP contribution in [0.5, 0.6) is 5.75 Å². The molecule has 2 rings (SSSR count). The van der Waals surface area contributed by atoms with E-state index in [2.05, 4.69) is 0 Å². The number of carbonyl (C=O) groups is 3. The van der Waals surface area contributed by atoms with Crippen molar-refractivity contribution < 1.29 is 19.1 Å². The summed E-state index contributed by atoms with van der Waals surface area (Å²) in [6.45, 7) is 1.19. The van der Waals surface area contributed by atoms with Crippen molar-refractivity contribution in [2.24, 2.45) is 0 Å². The number of hydrogen-bond donors (Lipinski definition) is 0. The standard InChI is InChI=1S/C13H11NO4S/c1-8(15)14-12(16)11(19-13(14)17)7-9-3-5-10(18-2)6-4-9/h3-7H,1-2H3. The average Bonchev–Trinajstić information content (AvgIpc) is 2.65. The minimum atomic E-state index is -0.571. The van der Waals surface area contributed by atoms with Gasteiger partial charge in [-0.2, -0.15) is 0 Å². The number of methoxy groups -OCH3 is 1. The molecular weight excluding hydrogens is 266 g/mol. The summed E-state index contributed by atoms with van der Waals surface area (Å²) >= 11 is 0.761. The van der Waals surface area contributed by atoms with E-state index in [4.69, 9.17) is 4.74 Å². The molecule has 19 heavy (non-hydrogen) atoms. The van der Waals surface area contributed by atoms with Gasteiger partial charge in [0.2, 0.25) is 5.91 Å². The average molecular weight is 277 g/mol. The Labute approximate surface area is 114 Å². The summed E-state index contributed by atoms with van der Waals surface area (Å²) in [5.74, 6) is -0.437. The number of carbonyl (C=O) groups excluding carboxylic acids is 3. The molecule has 0 unspecified atom stereocenters. The van der Waals surface area contributed by atoms with Gasteiger partial charge in [-0.3, -0.25) is 14.4 Å². The van der Waals surface area contributed by atoms with Crippen LogP contribution in [0.2, 0.25) is 0 Å². The molecule has 3 amide bonds. The molecule has 5 nitrogen and oxygen atoms in total. The molecule has 1 heterocycles. The molecule has 0 atom stereocenters. The van der Waals surface area contributed by atoms with Gasteiger partial charge in [-0.25, -0.2) is 4.90 Å². The van der Waals surface area contributed by atoms with Crippen LogP contribution in [0.3, 0.4) is 0 Å². The fraction of sp³-hybridized carbons (Fsp3) is 0.154. The van der Waals surface area contributed by atoms with Crippen molar-refractivity contribution in [3.8, 4) is 5.75 Å². The summed E-state index contributed by atoms with van der Waals surface area (Å²) in [7, 11) is 1.56. The molecule has 0 aromatic heterocycles. The molecule has 0 radical (unpaired) electrons. The molecule has 6 heteroatoms. The zero-order valence-electron chi connectivity index (χ0n) is 10.4. The topological polar surface area (TPSA) is 63.7 Å². The number of imide groups is 3. The second-order valence-electron chi connectivity index (χ2n) is 3.81. The maximum Gasteiger partial charge on any atom is 0.300 e. The van der Waals surface area contributed by atoms with Crippen LogP contribution in [0.25, 0.3) is 6.08 Å². The Kier molecular flexibility index (Phi) is 3.71. The van der Waals surface area contributed by atoms with Gasteiger partial charge in [0.1, 0.15) is 5.75 Å². The van der Waals surface area contributed by atoms with Gasteiger partial charge in [0.25, 0.3) is 11.1 Å². The maximum atomic E-state index is 11.9. The lowest BCUT2D eigenvalue weighted by Crippen LogP contribution is -2.32. The zero-order valence-corrected chi connectivity index (χ0v) is 11.2. The summed E-state index contributed by atoms with van der Waals surface area (Å²) in [5, 5.41) is -0.558. The van der Waals surface area contributed by atoms with E-state index < -0.39 is 17.1 Å². The van der Waals surface area contributed by atoms with Crippen LogP contribution in [0.4, 0.5) is 4.79 Å².